The molecule has 0 spiro atoms. The largest absolute Gasteiger partial charge is 1.00 e. The quantitative estimate of drug-likeness (QED) is 0.325. The predicted molar refractivity (Wildman–Crippen MR) is 9.94 cm³/mol. The Morgan fingerprint density at radius 3 is 1.00 bits per heavy atom. The van der Waals surface area contributed by atoms with Gasteiger partial charge in [-0.15, -0.1) is 0 Å². The van der Waals surface area contributed by atoms with Crippen LogP contribution in [0, 0.1) is 0 Å². The third-order valence-corrected chi connectivity index (χ3v) is 0. The van der Waals surface area contributed by atoms with Gasteiger partial charge >= 0.3 is 29.6 Å². The maximum absolute atomic E-state index is 0. The van der Waals surface area contributed by atoms with Crippen molar-refractivity contribution in [2.45, 2.75) is 0 Å². The first kappa shape index (κ1) is 34.6. The van der Waals surface area contributed by atoms with Gasteiger partial charge in [-0.1, -0.05) is 0 Å². The molecule has 0 saturated carbocycles. The smallest absolute Gasteiger partial charge is 1.00 e. The molecule has 4 heteroatoms. The molecule has 0 N–H and O–H groups in total. The van der Waals surface area contributed by atoms with E-state index in [1.165, 1.54) is 0 Å². The van der Waals surface area contributed by atoms with Gasteiger partial charge in [-0.3, -0.25) is 0 Å². The Kier molecular flexibility index (Phi) is 164. The summed E-state index contributed by atoms with van der Waals surface area (Å²) in [6.07, 6.45) is 0. The SMILES string of the molecule is [Ag].[AlH3].[F-].[Na+]. The summed E-state index contributed by atoms with van der Waals surface area (Å²) in [5.41, 5.74) is 0. The summed E-state index contributed by atoms with van der Waals surface area (Å²) in [5, 5.41) is 0. The van der Waals surface area contributed by atoms with E-state index in [0.717, 1.165) is 0 Å². The second-order valence-electron chi connectivity index (χ2n) is 0. The van der Waals surface area contributed by atoms with Crippen LogP contribution in [-0.4, -0.2) is 17.4 Å². The third kappa shape index (κ3) is 8.88. The van der Waals surface area contributed by atoms with Gasteiger partial charge in [0, 0.05) is 22.4 Å². The molecule has 4 heavy (non-hydrogen) atoms. The van der Waals surface area contributed by atoms with E-state index in [0.29, 0.717) is 0 Å². The first-order valence-corrected chi connectivity index (χ1v) is 0. The molecule has 0 fully saturated rings. The molecule has 0 aromatic heterocycles. The van der Waals surface area contributed by atoms with Crippen molar-refractivity contribution in [3.05, 3.63) is 0 Å². The molecule has 0 saturated heterocycles. The van der Waals surface area contributed by atoms with Crippen molar-refractivity contribution in [1.82, 2.24) is 0 Å². The van der Waals surface area contributed by atoms with Gasteiger partial charge in [-0.2, -0.15) is 0 Å². The fourth-order valence-corrected chi connectivity index (χ4v) is 0. The van der Waals surface area contributed by atoms with Gasteiger partial charge in [-0.25, -0.2) is 0 Å². The molecule has 0 aliphatic rings. The van der Waals surface area contributed by atoms with Crippen molar-refractivity contribution in [1.29, 1.82) is 0 Å². The molecule has 1 radical (unpaired) electrons. The third-order valence-electron chi connectivity index (χ3n) is 0. The first-order valence-electron chi connectivity index (χ1n) is 0. The van der Waals surface area contributed by atoms with Crippen molar-refractivity contribution >= 4 is 17.4 Å². The molecule has 0 bridgehead atoms. The number of hydrogen-bond donors (Lipinski definition) is 0. The average Bonchev–Trinajstić information content (AvgIpc) is 0. The molecule has 0 heterocycles. The van der Waals surface area contributed by atoms with Crippen LogP contribution in [0.2, 0.25) is 0 Å². The van der Waals surface area contributed by atoms with Crippen molar-refractivity contribution in [3.8, 4) is 0 Å². The maximum atomic E-state index is 0. The summed E-state index contributed by atoms with van der Waals surface area (Å²) in [5.74, 6) is 0. The van der Waals surface area contributed by atoms with Crippen LogP contribution in [0.25, 0.3) is 0 Å². The molecule has 0 aromatic carbocycles. The summed E-state index contributed by atoms with van der Waals surface area (Å²) in [6.45, 7) is 0. The van der Waals surface area contributed by atoms with Crippen molar-refractivity contribution in [2.24, 2.45) is 0 Å². The Labute approximate surface area is 73.0 Å². The number of hydrogen-bond acceptors (Lipinski definition) is 0. The Bertz CT molecular complexity index is 8.00. The van der Waals surface area contributed by atoms with Crippen LogP contribution < -0.4 is 34.3 Å². The summed E-state index contributed by atoms with van der Waals surface area (Å²) in [6, 6.07) is 0. The molecule has 0 aliphatic heterocycles. The monoisotopic (exact) mass is 179 g/mol. The molecule has 0 aliphatic carbocycles. The molecule has 0 nitrogen and oxygen atoms in total. The Balaban J connectivity index is 0. The second-order valence-corrected chi connectivity index (χ2v) is 0. The van der Waals surface area contributed by atoms with Crippen molar-refractivity contribution in [2.75, 3.05) is 0 Å². The van der Waals surface area contributed by atoms with Gasteiger partial charge in [0.15, 0.2) is 17.4 Å². The molecular weight excluding hydrogens is 177 g/mol. The van der Waals surface area contributed by atoms with Gasteiger partial charge in [0.05, 0.1) is 0 Å². The molecular formula is H3AgAlFNa. The van der Waals surface area contributed by atoms with E-state index in [4.69, 9.17) is 0 Å². The van der Waals surface area contributed by atoms with E-state index < -0.39 is 0 Å². The fourth-order valence-electron chi connectivity index (χ4n) is 0. The summed E-state index contributed by atoms with van der Waals surface area (Å²) in [4.78, 5) is 0. The number of halogens is 1. The van der Waals surface area contributed by atoms with Crippen LogP contribution in [-0.2, 0) is 22.4 Å². The summed E-state index contributed by atoms with van der Waals surface area (Å²) >= 11 is 0. The topological polar surface area (TPSA) is 0 Å². The van der Waals surface area contributed by atoms with Crippen LogP contribution in [0.3, 0.4) is 0 Å². The van der Waals surface area contributed by atoms with E-state index in [2.05, 4.69) is 0 Å². The normalized spacial score (nSPS) is 0. The zero-order chi connectivity index (χ0) is 0. The summed E-state index contributed by atoms with van der Waals surface area (Å²) < 4.78 is 0. The first-order chi connectivity index (χ1) is 0. The Hall–Kier alpha value is 2.20. The van der Waals surface area contributed by atoms with Crippen LogP contribution in [0.1, 0.15) is 0 Å². The van der Waals surface area contributed by atoms with Crippen LogP contribution in [0.5, 0.6) is 0 Å². The zero-order valence-corrected chi connectivity index (χ0v) is 5.16. The van der Waals surface area contributed by atoms with E-state index in [1.807, 2.05) is 0 Å². The van der Waals surface area contributed by atoms with Gasteiger partial charge in [0.25, 0.3) is 0 Å². The van der Waals surface area contributed by atoms with Gasteiger partial charge in [0.1, 0.15) is 0 Å². The molecule has 0 unspecified atom stereocenters. The predicted octanol–water partition coefficient (Wildman–Crippen LogP) is -7.18. The van der Waals surface area contributed by atoms with E-state index in [9.17, 15) is 0 Å². The fraction of sp³-hybridized carbons (Fsp3) is 0. The molecule has 0 rings (SSSR count). The van der Waals surface area contributed by atoms with E-state index >= 15 is 0 Å². The second kappa shape index (κ2) is 18.9. The number of rotatable bonds is 0. The maximum Gasteiger partial charge on any atom is 1.00 e. The minimum absolute atomic E-state index is 0. The Morgan fingerprint density at radius 2 is 1.00 bits per heavy atom. The van der Waals surface area contributed by atoms with Crippen molar-refractivity contribution in [3.63, 3.8) is 0 Å². The van der Waals surface area contributed by atoms with Crippen LogP contribution in [0.4, 0.5) is 0 Å². The van der Waals surface area contributed by atoms with E-state index in [1.54, 1.807) is 0 Å². The van der Waals surface area contributed by atoms with Gasteiger partial charge in [-0.05, 0) is 0 Å². The van der Waals surface area contributed by atoms with E-state index in [-0.39, 0.29) is 74.0 Å². The minimum Gasteiger partial charge on any atom is -1.00 e. The molecule has 25 valence electrons. The van der Waals surface area contributed by atoms with Crippen LogP contribution in [0.15, 0.2) is 0 Å². The summed E-state index contributed by atoms with van der Waals surface area (Å²) in [7, 11) is 0. The van der Waals surface area contributed by atoms with Crippen LogP contribution >= 0.6 is 0 Å². The van der Waals surface area contributed by atoms with Crippen molar-refractivity contribution < 1.29 is 56.6 Å². The van der Waals surface area contributed by atoms with Gasteiger partial charge in [0.2, 0.25) is 0 Å². The Morgan fingerprint density at radius 1 is 1.00 bits per heavy atom. The standard InChI is InChI=1S/Ag.Al.FH.Na.3H/h;;1H;;;;/q;;;+1;;;/p-1. The average molecular weight is 180 g/mol. The molecule has 0 amide bonds. The molecule has 0 aromatic rings. The minimum atomic E-state index is 0. The van der Waals surface area contributed by atoms with Gasteiger partial charge < -0.3 is 4.70 Å². The zero-order valence-electron chi connectivity index (χ0n) is 1.68. The molecule has 0 atom stereocenters.